The van der Waals surface area contributed by atoms with Crippen LogP contribution in [0, 0.1) is 6.92 Å². The number of ether oxygens (including phenoxy) is 1. The second-order valence-corrected chi connectivity index (χ2v) is 6.50. The topological polar surface area (TPSA) is 58.6 Å². The molecular formula is C19H28N2O3. The summed E-state index contributed by atoms with van der Waals surface area (Å²) in [4.78, 5) is 25.9. The van der Waals surface area contributed by atoms with E-state index in [9.17, 15) is 9.59 Å². The van der Waals surface area contributed by atoms with Crippen LogP contribution in [0.1, 0.15) is 51.0 Å². The van der Waals surface area contributed by atoms with E-state index in [2.05, 4.69) is 5.32 Å². The van der Waals surface area contributed by atoms with Crippen LogP contribution in [0.15, 0.2) is 18.2 Å². The Labute approximate surface area is 144 Å². The minimum atomic E-state index is -0.0932. The normalized spacial score (nSPS) is 15.0. The van der Waals surface area contributed by atoms with E-state index < -0.39 is 0 Å². The van der Waals surface area contributed by atoms with Crippen LogP contribution in [0.2, 0.25) is 0 Å². The van der Waals surface area contributed by atoms with E-state index in [1.807, 2.05) is 25.1 Å². The summed E-state index contributed by atoms with van der Waals surface area (Å²) in [6, 6.07) is 6.00. The summed E-state index contributed by atoms with van der Waals surface area (Å²) >= 11 is 0. The lowest BCUT2D eigenvalue weighted by Gasteiger charge is -2.25. The Morgan fingerprint density at radius 3 is 2.58 bits per heavy atom. The van der Waals surface area contributed by atoms with Gasteiger partial charge < -0.3 is 15.0 Å². The number of nitrogens with one attached hydrogen (secondary N) is 1. The standard InChI is InChI=1S/C19H28N2O3/c1-14-9-10-18(24-3)17(13-14)21(15(2)22)12-11-19(23)20-16-7-5-4-6-8-16/h9-10,13,16H,4-8,11-12H2,1-3H3,(H,20,23). The van der Waals surface area contributed by atoms with Crippen LogP contribution in [-0.4, -0.2) is 31.5 Å². The van der Waals surface area contributed by atoms with Gasteiger partial charge in [-0.05, 0) is 37.5 Å². The monoisotopic (exact) mass is 332 g/mol. The predicted octanol–water partition coefficient (Wildman–Crippen LogP) is 3.20. The maximum absolute atomic E-state index is 12.2. The first-order valence-electron chi connectivity index (χ1n) is 8.73. The van der Waals surface area contributed by atoms with Crippen molar-refractivity contribution in [1.82, 2.24) is 5.32 Å². The van der Waals surface area contributed by atoms with E-state index in [4.69, 9.17) is 4.74 Å². The zero-order chi connectivity index (χ0) is 17.5. The number of benzene rings is 1. The number of carbonyl (C=O) groups is 2. The summed E-state index contributed by atoms with van der Waals surface area (Å²) in [7, 11) is 1.59. The molecule has 1 saturated carbocycles. The van der Waals surface area contributed by atoms with E-state index in [1.165, 1.54) is 26.2 Å². The molecule has 0 radical (unpaired) electrons. The number of anilines is 1. The molecule has 2 rings (SSSR count). The predicted molar refractivity (Wildman–Crippen MR) is 95.4 cm³/mol. The van der Waals surface area contributed by atoms with Crippen molar-refractivity contribution in [3.8, 4) is 5.75 Å². The number of methoxy groups -OCH3 is 1. The van der Waals surface area contributed by atoms with Crippen LogP contribution in [0.3, 0.4) is 0 Å². The summed E-state index contributed by atoms with van der Waals surface area (Å²) in [6.07, 6.45) is 6.06. The smallest absolute Gasteiger partial charge is 0.223 e. The van der Waals surface area contributed by atoms with Crippen LogP contribution in [0.4, 0.5) is 5.69 Å². The maximum atomic E-state index is 12.2. The number of aryl methyl sites for hydroxylation is 1. The number of amides is 2. The fraction of sp³-hybridized carbons (Fsp3) is 0.579. The van der Waals surface area contributed by atoms with E-state index in [-0.39, 0.29) is 11.8 Å². The fourth-order valence-corrected chi connectivity index (χ4v) is 3.22. The Kier molecular flexibility index (Phi) is 6.64. The lowest BCUT2D eigenvalue weighted by Crippen LogP contribution is -2.39. The molecule has 0 aliphatic heterocycles. The number of carbonyl (C=O) groups excluding carboxylic acids is 2. The Hall–Kier alpha value is -2.04. The molecule has 132 valence electrons. The highest BCUT2D eigenvalue weighted by atomic mass is 16.5. The van der Waals surface area contributed by atoms with Gasteiger partial charge in [0.15, 0.2) is 0 Å². The minimum Gasteiger partial charge on any atom is -0.495 e. The molecule has 0 aromatic heterocycles. The van der Waals surface area contributed by atoms with Crippen molar-refractivity contribution in [1.29, 1.82) is 0 Å². The lowest BCUT2D eigenvalue weighted by molar-refractivity contribution is -0.121. The molecule has 0 unspecified atom stereocenters. The fourth-order valence-electron chi connectivity index (χ4n) is 3.22. The Bertz CT molecular complexity index is 580. The Balaban J connectivity index is 2.00. The van der Waals surface area contributed by atoms with Crippen molar-refractivity contribution in [3.63, 3.8) is 0 Å². The van der Waals surface area contributed by atoms with Gasteiger partial charge in [-0.15, -0.1) is 0 Å². The highest BCUT2D eigenvalue weighted by Crippen LogP contribution is 2.29. The molecule has 1 aromatic rings. The van der Waals surface area contributed by atoms with Crippen molar-refractivity contribution in [2.45, 2.75) is 58.4 Å². The molecule has 1 aromatic carbocycles. The van der Waals surface area contributed by atoms with Crippen molar-refractivity contribution in [2.24, 2.45) is 0 Å². The molecule has 1 aliphatic rings. The average molecular weight is 332 g/mol. The average Bonchev–Trinajstić information content (AvgIpc) is 2.56. The quantitative estimate of drug-likeness (QED) is 0.870. The highest BCUT2D eigenvalue weighted by Gasteiger charge is 2.19. The second kappa shape index (κ2) is 8.71. The van der Waals surface area contributed by atoms with E-state index in [0.29, 0.717) is 24.8 Å². The Morgan fingerprint density at radius 2 is 1.96 bits per heavy atom. The first-order valence-corrected chi connectivity index (χ1v) is 8.73. The van der Waals surface area contributed by atoms with E-state index in [0.717, 1.165) is 24.1 Å². The lowest BCUT2D eigenvalue weighted by atomic mass is 9.95. The third kappa shape index (κ3) is 4.98. The number of rotatable bonds is 6. The van der Waals surface area contributed by atoms with Gasteiger partial charge in [0.25, 0.3) is 0 Å². The SMILES string of the molecule is COc1ccc(C)cc1N(CCC(=O)NC1CCCCC1)C(C)=O. The van der Waals surface area contributed by atoms with Gasteiger partial charge in [-0.25, -0.2) is 0 Å². The van der Waals surface area contributed by atoms with Crippen LogP contribution in [-0.2, 0) is 9.59 Å². The summed E-state index contributed by atoms with van der Waals surface area (Å²) in [5, 5.41) is 3.10. The van der Waals surface area contributed by atoms with Crippen LogP contribution in [0.5, 0.6) is 5.75 Å². The molecule has 5 nitrogen and oxygen atoms in total. The maximum Gasteiger partial charge on any atom is 0.223 e. The zero-order valence-corrected chi connectivity index (χ0v) is 14.9. The van der Waals surface area contributed by atoms with Crippen LogP contribution < -0.4 is 15.0 Å². The van der Waals surface area contributed by atoms with Crippen molar-refractivity contribution in [2.75, 3.05) is 18.6 Å². The number of hydrogen-bond donors (Lipinski definition) is 1. The molecule has 0 heterocycles. The summed E-state index contributed by atoms with van der Waals surface area (Å²) in [5.41, 5.74) is 1.76. The summed E-state index contributed by atoms with van der Waals surface area (Å²) in [5.74, 6) is 0.563. The van der Waals surface area contributed by atoms with Gasteiger partial charge in [-0.1, -0.05) is 25.3 Å². The van der Waals surface area contributed by atoms with Gasteiger partial charge in [0, 0.05) is 25.9 Å². The van der Waals surface area contributed by atoms with Gasteiger partial charge in [-0.2, -0.15) is 0 Å². The molecule has 1 N–H and O–H groups in total. The molecule has 0 bridgehead atoms. The molecule has 0 saturated heterocycles. The molecule has 2 amide bonds. The molecule has 1 aliphatic carbocycles. The van der Waals surface area contributed by atoms with Crippen molar-refractivity contribution >= 4 is 17.5 Å². The van der Waals surface area contributed by atoms with E-state index in [1.54, 1.807) is 12.0 Å². The van der Waals surface area contributed by atoms with Gasteiger partial charge >= 0.3 is 0 Å². The molecule has 24 heavy (non-hydrogen) atoms. The summed E-state index contributed by atoms with van der Waals surface area (Å²) in [6.45, 7) is 3.84. The molecule has 0 spiro atoms. The van der Waals surface area contributed by atoms with Gasteiger partial charge in [0.05, 0.1) is 12.8 Å². The van der Waals surface area contributed by atoms with Crippen molar-refractivity contribution in [3.05, 3.63) is 23.8 Å². The molecule has 1 fully saturated rings. The molecular weight excluding hydrogens is 304 g/mol. The molecule has 0 atom stereocenters. The van der Waals surface area contributed by atoms with Crippen molar-refractivity contribution < 1.29 is 14.3 Å². The third-order valence-corrected chi connectivity index (χ3v) is 4.54. The van der Waals surface area contributed by atoms with Gasteiger partial charge in [-0.3, -0.25) is 9.59 Å². The first-order chi connectivity index (χ1) is 11.5. The largest absolute Gasteiger partial charge is 0.495 e. The highest BCUT2D eigenvalue weighted by molar-refractivity contribution is 5.94. The second-order valence-electron chi connectivity index (χ2n) is 6.50. The first kappa shape index (κ1) is 18.3. The van der Waals surface area contributed by atoms with Gasteiger partial charge in [0.1, 0.15) is 5.75 Å². The molecule has 5 heteroatoms. The van der Waals surface area contributed by atoms with Gasteiger partial charge in [0.2, 0.25) is 11.8 Å². The summed E-state index contributed by atoms with van der Waals surface area (Å²) < 4.78 is 5.37. The van der Waals surface area contributed by atoms with E-state index >= 15 is 0 Å². The van der Waals surface area contributed by atoms with Crippen LogP contribution >= 0.6 is 0 Å². The number of hydrogen-bond acceptors (Lipinski definition) is 3. The minimum absolute atomic E-state index is 0.0137. The Morgan fingerprint density at radius 1 is 1.25 bits per heavy atom. The number of nitrogens with zero attached hydrogens (tertiary/aromatic N) is 1. The zero-order valence-electron chi connectivity index (χ0n) is 14.9. The van der Waals surface area contributed by atoms with Crippen LogP contribution in [0.25, 0.3) is 0 Å². The third-order valence-electron chi connectivity index (χ3n) is 4.54.